The van der Waals surface area contributed by atoms with E-state index in [-0.39, 0.29) is 10.9 Å². The van der Waals surface area contributed by atoms with E-state index in [4.69, 9.17) is 17.3 Å². The number of benzene rings is 2. The molecule has 6 nitrogen and oxygen atoms in total. The Bertz CT molecular complexity index is 1170. The summed E-state index contributed by atoms with van der Waals surface area (Å²) in [4.78, 5) is 0.596. The summed E-state index contributed by atoms with van der Waals surface area (Å²) in [5.74, 6) is 0.390. The van der Waals surface area contributed by atoms with Crippen LogP contribution in [0, 0.1) is 20.8 Å². The van der Waals surface area contributed by atoms with E-state index in [2.05, 4.69) is 9.50 Å². The summed E-state index contributed by atoms with van der Waals surface area (Å²) < 4.78 is 31.3. The highest BCUT2D eigenvalue weighted by molar-refractivity contribution is 7.99. The standard InChI is InChI=1S/C20H21ClN4O2S2/c1-13-9-19(18(11-17(13)21)28-12-16-7-5-4-6-8-16)29(26,27)24-20(22)25-15(3)10-14(2)23-25/h4-11H,12H2,1-3H3,(H2,22,24). The van der Waals surface area contributed by atoms with Crippen molar-refractivity contribution in [3.8, 4) is 0 Å². The molecule has 1 heterocycles. The Morgan fingerprint density at radius 2 is 1.86 bits per heavy atom. The molecule has 0 aliphatic heterocycles. The zero-order valence-electron chi connectivity index (χ0n) is 16.3. The highest BCUT2D eigenvalue weighted by Gasteiger charge is 2.22. The van der Waals surface area contributed by atoms with Crippen LogP contribution in [-0.2, 0) is 15.8 Å². The summed E-state index contributed by atoms with van der Waals surface area (Å²) in [6.07, 6.45) is 0. The van der Waals surface area contributed by atoms with Gasteiger partial charge in [0.15, 0.2) is 0 Å². The number of rotatable bonds is 5. The second-order valence-electron chi connectivity index (χ2n) is 6.59. The van der Waals surface area contributed by atoms with Gasteiger partial charge < -0.3 is 5.73 Å². The normalized spacial score (nSPS) is 12.3. The molecule has 0 atom stereocenters. The lowest BCUT2D eigenvalue weighted by Crippen LogP contribution is -2.26. The van der Waals surface area contributed by atoms with E-state index in [1.54, 1.807) is 32.9 Å². The Hall–Kier alpha value is -2.29. The Labute approximate surface area is 179 Å². The van der Waals surface area contributed by atoms with Gasteiger partial charge in [0.1, 0.15) is 4.90 Å². The third-order valence-corrected chi connectivity index (χ3v) is 7.16. The molecule has 0 bridgehead atoms. The van der Waals surface area contributed by atoms with Gasteiger partial charge in [-0.3, -0.25) is 0 Å². The molecule has 1 aromatic heterocycles. The lowest BCUT2D eigenvalue weighted by molar-refractivity contribution is 0.595. The molecular weight excluding hydrogens is 428 g/mol. The van der Waals surface area contributed by atoms with E-state index in [1.165, 1.54) is 22.5 Å². The first-order chi connectivity index (χ1) is 13.7. The average Bonchev–Trinajstić information content (AvgIpc) is 3.01. The van der Waals surface area contributed by atoms with E-state index < -0.39 is 10.0 Å². The maximum atomic E-state index is 13.1. The maximum Gasteiger partial charge on any atom is 0.286 e. The number of hydrogen-bond donors (Lipinski definition) is 1. The van der Waals surface area contributed by atoms with Gasteiger partial charge in [-0.15, -0.1) is 16.2 Å². The molecule has 0 fully saturated rings. The fourth-order valence-electron chi connectivity index (χ4n) is 2.76. The third-order valence-electron chi connectivity index (χ3n) is 4.18. The van der Waals surface area contributed by atoms with E-state index in [0.29, 0.717) is 26.9 Å². The summed E-state index contributed by atoms with van der Waals surface area (Å²) in [5.41, 5.74) is 9.09. The summed E-state index contributed by atoms with van der Waals surface area (Å²) in [5, 5.41) is 4.68. The number of hydrogen-bond acceptors (Lipinski definition) is 4. The second kappa shape index (κ2) is 8.61. The van der Waals surface area contributed by atoms with Gasteiger partial charge in [0.2, 0.25) is 5.96 Å². The van der Waals surface area contributed by atoms with Crippen LogP contribution in [0.3, 0.4) is 0 Å². The summed E-state index contributed by atoms with van der Waals surface area (Å²) in [6, 6.07) is 14.8. The minimum absolute atomic E-state index is 0.0739. The van der Waals surface area contributed by atoms with Gasteiger partial charge >= 0.3 is 0 Å². The summed E-state index contributed by atoms with van der Waals surface area (Å²) in [6.45, 7) is 5.33. The van der Waals surface area contributed by atoms with Crippen molar-refractivity contribution in [1.29, 1.82) is 0 Å². The van der Waals surface area contributed by atoms with Crippen molar-refractivity contribution in [3.63, 3.8) is 0 Å². The molecule has 9 heteroatoms. The summed E-state index contributed by atoms with van der Waals surface area (Å²) in [7, 11) is -4.07. The van der Waals surface area contributed by atoms with Crippen LogP contribution in [0.1, 0.15) is 22.5 Å². The van der Waals surface area contributed by atoms with Gasteiger partial charge in [-0.25, -0.2) is 4.68 Å². The van der Waals surface area contributed by atoms with Crippen molar-refractivity contribution < 1.29 is 8.42 Å². The molecule has 0 amide bonds. The van der Waals surface area contributed by atoms with Crippen molar-refractivity contribution in [1.82, 2.24) is 9.78 Å². The number of aromatic nitrogens is 2. The fourth-order valence-corrected chi connectivity index (χ4v) is 5.46. The van der Waals surface area contributed by atoms with Gasteiger partial charge in [0, 0.05) is 21.4 Å². The van der Waals surface area contributed by atoms with Crippen LogP contribution in [0.2, 0.25) is 5.02 Å². The molecule has 2 N–H and O–H groups in total. The molecule has 3 rings (SSSR count). The van der Waals surface area contributed by atoms with Crippen molar-refractivity contribution in [2.45, 2.75) is 36.3 Å². The quantitative estimate of drug-likeness (QED) is 0.357. The highest BCUT2D eigenvalue weighted by atomic mass is 35.5. The summed E-state index contributed by atoms with van der Waals surface area (Å²) >= 11 is 7.64. The van der Waals surface area contributed by atoms with E-state index in [9.17, 15) is 8.42 Å². The predicted molar refractivity (Wildman–Crippen MR) is 118 cm³/mol. The monoisotopic (exact) mass is 448 g/mol. The molecule has 0 aliphatic rings. The lowest BCUT2D eigenvalue weighted by Gasteiger charge is -2.11. The minimum atomic E-state index is -4.07. The van der Waals surface area contributed by atoms with E-state index in [1.807, 2.05) is 30.3 Å². The molecule has 0 saturated heterocycles. The number of aryl methyl sites for hydroxylation is 3. The number of nitrogens with two attached hydrogens (primary N) is 1. The molecule has 0 radical (unpaired) electrons. The van der Waals surface area contributed by atoms with Crippen molar-refractivity contribution in [2.24, 2.45) is 10.1 Å². The van der Waals surface area contributed by atoms with Gasteiger partial charge in [-0.2, -0.15) is 13.5 Å². The first-order valence-corrected chi connectivity index (χ1v) is 11.6. The number of thioether (sulfide) groups is 1. The third kappa shape index (κ3) is 5.01. The zero-order valence-corrected chi connectivity index (χ0v) is 18.6. The topological polar surface area (TPSA) is 90.3 Å². The van der Waals surface area contributed by atoms with Crippen molar-refractivity contribution >= 4 is 39.3 Å². The molecule has 29 heavy (non-hydrogen) atoms. The maximum absolute atomic E-state index is 13.1. The molecule has 0 unspecified atom stereocenters. The number of nitrogens with zero attached hydrogens (tertiary/aromatic N) is 3. The van der Waals surface area contributed by atoms with Crippen molar-refractivity contribution in [2.75, 3.05) is 0 Å². The van der Waals surface area contributed by atoms with Gasteiger partial charge in [-0.05, 0) is 50.1 Å². The van der Waals surface area contributed by atoms with E-state index >= 15 is 0 Å². The molecular formula is C20H21ClN4O2S2. The minimum Gasteiger partial charge on any atom is -0.367 e. The largest absolute Gasteiger partial charge is 0.367 e. The molecule has 0 saturated carbocycles. The fraction of sp³-hybridized carbons (Fsp3) is 0.200. The van der Waals surface area contributed by atoms with Crippen LogP contribution in [0.15, 0.2) is 62.7 Å². The Morgan fingerprint density at radius 3 is 2.48 bits per heavy atom. The molecule has 0 spiro atoms. The first kappa shape index (κ1) is 21.4. The Morgan fingerprint density at radius 1 is 1.17 bits per heavy atom. The average molecular weight is 449 g/mol. The van der Waals surface area contributed by atoms with E-state index in [0.717, 1.165) is 11.3 Å². The Balaban J connectivity index is 2.00. The van der Waals surface area contributed by atoms with Crippen LogP contribution in [0.4, 0.5) is 0 Å². The molecule has 0 aliphatic carbocycles. The van der Waals surface area contributed by atoms with Crippen LogP contribution in [-0.4, -0.2) is 24.2 Å². The highest BCUT2D eigenvalue weighted by Crippen LogP contribution is 2.34. The zero-order chi connectivity index (χ0) is 21.2. The molecule has 152 valence electrons. The van der Waals surface area contributed by atoms with Crippen LogP contribution in [0.25, 0.3) is 0 Å². The van der Waals surface area contributed by atoms with Crippen LogP contribution in [0.5, 0.6) is 0 Å². The van der Waals surface area contributed by atoms with Gasteiger partial charge in [0.05, 0.1) is 5.69 Å². The Kier molecular flexibility index (Phi) is 6.36. The van der Waals surface area contributed by atoms with Crippen LogP contribution >= 0.6 is 23.4 Å². The SMILES string of the molecule is Cc1cc(C)n(/C(N)=N/S(=O)(=O)c2cc(C)c(Cl)cc2SCc2ccccc2)n1. The number of sulfonamides is 1. The molecule has 2 aromatic carbocycles. The first-order valence-electron chi connectivity index (χ1n) is 8.78. The van der Waals surface area contributed by atoms with Gasteiger partial charge in [0.25, 0.3) is 10.0 Å². The molecule has 3 aromatic rings. The van der Waals surface area contributed by atoms with Crippen molar-refractivity contribution in [3.05, 3.63) is 76.1 Å². The van der Waals surface area contributed by atoms with Crippen LogP contribution < -0.4 is 5.73 Å². The smallest absolute Gasteiger partial charge is 0.286 e. The predicted octanol–water partition coefficient (Wildman–Crippen LogP) is 4.31. The second-order valence-corrected chi connectivity index (χ2v) is 9.58. The number of halogens is 1. The van der Waals surface area contributed by atoms with Gasteiger partial charge in [-0.1, -0.05) is 41.9 Å². The lowest BCUT2D eigenvalue weighted by atomic mass is 10.2.